The minimum Gasteiger partial charge on any atom is -0.348 e. The van der Waals surface area contributed by atoms with Gasteiger partial charge in [0.25, 0.3) is 0 Å². The minimum atomic E-state index is -0.217. The standard InChI is InChI=1S/C14H17Cl2NO/c1-4-14(2,3)17-13(18)9-8-10-11(15)6-5-7-12(10)16/h5-9H,4H2,1-3H3,(H,17,18)/b9-8+. The van der Waals surface area contributed by atoms with Crippen molar-refractivity contribution in [2.24, 2.45) is 0 Å². The van der Waals surface area contributed by atoms with Crippen molar-refractivity contribution in [2.75, 3.05) is 0 Å². The number of nitrogens with one attached hydrogen (secondary N) is 1. The van der Waals surface area contributed by atoms with Crippen LogP contribution in [0.2, 0.25) is 10.0 Å². The summed E-state index contributed by atoms with van der Waals surface area (Å²) in [6, 6.07) is 5.24. The summed E-state index contributed by atoms with van der Waals surface area (Å²) in [5.41, 5.74) is 0.441. The Morgan fingerprint density at radius 3 is 2.39 bits per heavy atom. The van der Waals surface area contributed by atoms with E-state index in [1.54, 1.807) is 24.3 Å². The molecule has 1 amide bonds. The first-order chi connectivity index (χ1) is 8.35. The van der Waals surface area contributed by atoms with E-state index in [9.17, 15) is 4.79 Å². The number of carbonyl (C=O) groups excluding carboxylic acids is 1. The first kappa shape index (κ1) is 15.1. The van der Waals surface area contributed by atoms with Crippen LogP contribution in [0.25, 0.3) is 6.08 Å². The molecule has 1 rings (SSSR count). The number of carbonyl (C=O) groups is 1. The molecular formula is C14H17Cl2NO. The second-order valence-electron chi connectivity index (χ2n) is 4.70. The van der Waals surface area contributed by atoms with Crippen molar-refractivity contribution in [3.05, 3.63) is 39.9 Å². The number of benzene rings is 1. The number of hydrogen-bond acceptors (Lipinski definition) is 1. The van der Waals surface area contributed by atoms with Crippen LogP contribution < -0.4 is 5.32 Å². The Labute approximate surface area is 118 Å². The zero-order chi connectivity index (χ0) is 13.8. The predicted molar refractivity (Wildman–Crippen MR) is 78.0 cm³/mol. The largest absolute Gasteiger partial charge is 0.348 e. The van der Waals surface area contributed by atoms with Gasteiger partial charge in [-0.05, 0) is 38.5 Å². The molecule has 2 nitrogen and oxygen atoms in total. The number of halogens is 2. The molecule has 0 radical (unpaired) electrons. The van der Waals surface area contributed by atoms with Crippen LogP contribution >= 0.6 is 23.2 Å². The normalized spacial score (nSPS) is 11.8. The number of rotatable bonds is 4. The van der Waals surface area contributed by atoms with Gasteiger partial charge in [0.1, 0.15) is 0 Å². The molecule has 1 aromatic carbocycles. The fraction of sp³-hybridized carbons (Fsp3) is 0.357. The van der Waals surface area contributed by atoms with Gasteiger partial charge in [0.2, 0.25) is 5.91 Å². The van der Waals surface area contributed by atoms with Crippen LogP contribution in [0.4, 0.5) is 0 Å². The molecule has 0 aliphatic carbocycles. The van der Waals surface area contributed by atoms with E-state index >= 15 is 0 Å². The van der Waals surface area contributed by atoms with Crippen LogP contribution in [-0.4, -0.2) is 11.4 Å². The highest BCUT2D eigenvalue weighted by molar-refractivity contribution is 6.37. The molecule has 18 heavy (non-hydrogen) atoms. The Bertz CT molecular complexity index is 447. The summed E-state index contributed by atoms with van der Waals surface area (Å²) in [6.07, 6.45) is 3.94. The summed E-state index contributed by atoms with van der Waals surface area (Å²) in [7, 11) is 0. The summed E-state index contributed by atoms with van der Waals surface area (Å²) in [4.78, 5) is 11.7. The summed E-state index contributed by atoms with van der Waals surface area (Å²) in [5.74, 6) is -0.155. The van der Waals surface area contributed by atoms with E-state index in [4.69, 9.17) is 23.2 Å². The van der Waals surface area contributed by atoms with Gasteiger partial charge in [-0.3, -0.25) is 4.79 Å². The zero-order valence-electron chi connectivity index (χ0n) is 10.8. The van der Waals surface area contributed by atoms with Gasteiger partial charge in [-0.2, -0.15) is 0 Å². The molecule has 98 valence electrons. The minimum absolute atomic E-state index is 0.155. The lowest BCUT2D eigenvalue weighted by molar-refractivity contribution is -0.117. The van der Waals surface area contributed by atoms with E-state index in [2.05, 4.69) is 5.32 Å². The first-order valence-electron chi connectivity index (χ1n) is 5.80. The van der Waals surface area contributed by atoms with E-state index in [0.717, 1.165) is 6.42 Å². The molecule has 0 spiro atoms. The monoisotopic (exact) mass is 285 g/mol. The van der Waals surface area contributed by atoms with E-state index in [1.165, 1.54) is 6.08 Å². The van der Waals surface area contributed by atoms with E-state index in [1.807, 2.05) is 20.8 Å². The maximum Gasteiger partial charge on any atom is 0.244 e. The van der Waals surface area contributed by atoms with Gasteiger partial charge >= 0.3 is 0 Å². The van der Waals surface area contributed by atoms with Gasteiger partial charge in [0.05, 0.1) is 0 Å². The molecule has 0 saturated heterocycles. The quantitative estimate of drug-likeness (QED) is 0.821. The Balaban J connectivity index is 2.79. The molecule has 0 aromatic heterocycles. The Hall–Kier alpha value is -0.990. The van der Waals surface area contributed by atoms with Crippen LogP contribution in [0, 0.1) is 0 Å². The molecule has 0 bridgehead atoms. The lowest BCUT2D eigenvalue weighted by Gasteiger charge is -2.23. The highest BCUT2D eigenvalue weighted by atomic mass is 35.5. The van der Waals surface area contributed by atoms with Crippen molar-refractivity contribution in [3.8, 4) is 0 Å². The average molecular weight is 286 g/mol. The van der Waals surface area contributed by atoms with Gasteiger partial charge in [-0.15, -0.1) is 0 Å². The summed E-state index contributed by atoms with van der Waals surface area (Å²) < 4.78 is 0. The molecule has 4 heteroatoms. The van der Waals surface area contributed by atoms with Gasteiger partial charge in [-0.25, -0.2) is 0 Å². The molecular weight excluding hydrogens is 269 g/mol. The van der Waals surface area contributed by atoms with E-state index in [0.29, 0.717) is 15.6 Å². The van der Waals surface area contributed by atoms with Crippen LogP contribution in [0.5, 0.6) is 0 Å². The molecule has 0 unspecified atom stereocenters. The Morgan fingerprint density at radius 2 is 1.89 bits per heavy atom. The van der Waals surface area contributed by atoms with Gasteiger partial charge < -0.3 is 5.32 Å². The van der Waals surface area contributed by atoms with Crippen molar-refractivity contribution in [3.63, 3.8) is 0 Å². The van der Waals surface area contributed by atoms with Crippen LogP contribution in [0.3, 0.4) is 0 Å². The van der Waals surface area contributed by atoms with Crippen molar-refractivity contribution >= 4 is 35.2 Å². The van der Waals surface area contributed by atoms with Crippen molar-refractivity contribution < 1.29 is 4.79 Å². The molecule has 0 saturated carbocycles. The van der Waals surface area contributed by atoms with Crippen molar-refractivity contribution in [1.82, 2.24) is 5.32 Å². The fourth-order valence-electron chi connectivity index (χ4n) is 1.29. The molecule has 0 aliphatic heterocycles. The molecule has 0 heterocycles. The molecule has 1 aromatic rings. The number of hydrogen-bond donors (Lipinski definition) is 1. The lowest BCUT2D eigenvalue weighted by Crippen LogP contribution is -2.41. The third kappa shape index (κ3) is 4.35. The third-order valence-electron chi connectivity index (χ3n) is 2.75. The molecule has 1 N–H and O–H groups in total. The highest BCUT2D eigenvalue weighted by Crippen LogP contribution is 2.25. The van der Waals surface area contributed by atoms with Gasteiger partial charge in [-0.1, -0.05) is 36.2 Å². The van der Waals surface area contributed by atoms with Crippen LogP contribution in [0.1, 0.15) is 32.8 Å². The van der Waals surface area contributed by atoms with E-state index in [-0.39, 0.29) is 11.4 Å². The Kier molecular flexibility index (Phi) is 5.24. The topological polar surface area (TPSA) is 29.1 Å². The SMILES string of the molecule is CCC(C)(C)NC(=O)/C=C/c1c(Cl)cccc1Cl. The van der Waals surface area contributed by atoms with E-state index < -0.39 is 0 Å². The van der Waals surface area contributed by atoms with Crippen molar-refractivity contribution in [2.45, 2.75) is 32.7 Å². The lowest BCUT2D eigenvalue weighted by atomic mass is 10.0. The van der Waals surface area contributed by atoms with Crippen LogP contribution in [0.15, 0.2) is 24.3 Å². The van der Waals surface area contributed by atoms with Crippen molar-refractivity contribution in [1.29, 1.82) is 0 Å². The highest BCUT2D eigenvalue weighted by Gasteiger charge is 2.16. The fourth-order valence-corrected chi connectivity index (χ4v) is 1.82. The molecule has 0 aliphatic rings. The van der Waals surface area contributed by atoms with Crippen LogP contribution in [-0.2, 0) is 4.79 Å². The smallest absolute Gasteiger partial charge is 0.244 e. The summed E-state index contributed by atoms with van der Waals surface area (Å²) in [6.45, 7) is 5.97. The maximum absolute atomic E-state index is 11.7. The first-order valence-corrected chi connectivity index (χ1v) is 6.55. The molecule has 0 fully saturated rings. The second kappa shape index (κ2) is 6.26. The second-order valence-corrected chi connectivity index (χ2v) is 5.51. The van der Waals surface area contributed by atoms with Gasteiger partial charge in [0.15, 0.2) is 0 Å². The number of amides is 1. The summed E-state index contributed by atoms with van der Waals surface area (Å²) >= 11 is 12.0. The maximum atomic E-state index is 11.7. The molecule has 0 atom stereocenters. The summed E-state index contributed by atoms with van der Waals surface area (Å²) in [5, 5.41) is 3.96. The predicted octanol–water partition coefficient (Wildman–Crippen LogP) is 4.31. The Morgan fingerprint density at radius 1 is 1.33 bits per heavy atom. The zero-order valence-corrected chi connectivity index (χ0v) is 12.3. The van der Waals surface area contributed by atoms with Gasteiger partial charge in [0, 0.05) is 27.2 Å². The third-order valence-corrected chi connectivity index (χ3v) is 3.41. The average Bonchev–Trinajstić information content (AvgIpc) is 2.28.